The average Bonchev–Trinajstić information content (AvgIpc) is 3.20. The largest absolute Gasteiger partial charge is 0.485 e. The van der Waals surface area contributed by atoms with Crippen LogP contribution in [0.1, 0.15) is 42.4 Å². The molecule has 0 aliphatic carbocycles. The lowest BCUT2D eigenvalue weighted by atomic mass is 10.2. The summed E-state index contributed by atoms with van der Waals surface area (Å²) in [4.78, 5) is 19.5. The number of carbonyl (C=O) groups is 1. The van der Waals surface area contributed by atoms with E-state index in [1.165, 1.54) is 12.8 Å². The van der Waals surface area contributed by atoms with Gasteiger partial charge in [0.2, 0.25) is 0 Å². The Balaban J connectivity index is 1.38. The number of ether oxygens (including phenoxy) is 2. The first-order valence-electron chi connectivity index (χ1n) is 12.2. The number of likely N-dealkylation sites (tertiary alicyclic amines) is 1. The summed E-state index contributed by atoms with van der Waals surface area (Å²) in [6.07, 6.45) is 6.07. The van der Waals surface area contributed by atoms with Crippen LogP contribution < -0.4 is 9.47 Å². The molecule has 0 bridgehead atoms. The van der Waals surface area contributed by atoms with Gasteiger partial charge in [0.05, 0.1) is 6.21 Å². The van der Waals surface area contributed by atoms with Gasteiger partial charge in [-0.2, -0.15) is 0 Å². The Morgan fingerprint density at radius 3 is 2.00 bits per heavy atom. The van der Waals surface area contributed by atoms with E-state index >= 15 is 0 Å². The van der Waals surface area contributed by atoms with Crippen molar-refractivity contribution in [2.75, 3.05) is 19.7 Å². The molecular formula is C29H32N2O4. The molecule has 3 aromatic rings. The maximum atomic E-state index is 12.4. The number of amides is 1. The van der Waals surface area contributed by atoms with Crippen LogP contribution in [-0.4, -0.2) is 36.7 Å². The number of hydrogen-bond donors (Lipinski definition) is 0. The van der Waals surface area contributed by atoms with Crippen molar-refractivity contribution in [3.8, 4) is 11.5 Å². The van der Waals surface area contributed by atoms with Gasteiger partial charge in [-0.05, 0) is 42.2 Å². The molecule has 4 rings (SSSR count). The van der Waals surface area contributed by atoms with Crippen molar-refractivity contribution in [1.29, 1.82) is 0 Å². The highest BCUT2D eigenvalue weighted by Crippen LogP contribution is 2.29. The van der Waals surface area contributed by atoms with Crippen LogP contribution in [0.5, 0.6) is 11.5 Å². The summed E-state index contributed by atoms with van der Waals surface area (Å²) in [5.74, 6) is 1.26. The van der Waals surface area contributed by atoms with Gasteiger partial charge < -0.3 is 19.2 Å². The zero-order valence-electron chi connectivity index (χ0n) is 20.0. The Labute approximate surface area is 207 Å². The Hall–Kier alpha value is -3.80. The molecule has 0 spiro atoms. The zero-order chi connectivity index (χ0) is 24.1. The van der Waals surface area contributed by atoms with Crippen molar-refractivity contribution in [1.82, 2.24) is 4.90 Å². The summed E-state index contributed by atoms with van der Waals surface area (Å²) in [6.45, 7) is 2.42. The van der Waals surface area contributed by atoms with Gasteiger partial charge in [-0.3, -0.25) is 4.79 Å². The van der Waals surface area contributed by atoms with Crippen LogP contribution in [0.15, 0.2) is 84.0 Å². The third-order valence-corrected chi connectivity index (χ3v) is 5.87. The Bertz CT molecular complexity index is 1080. The molecule has 1 aliphatic heterocycles. The van der Waals surface area contributed by atoms with E-state index in [0.717, 1.165) is 42.6 Å². The van der Waals surface area contributed by atoms with E-state index in [-0.39, 0.29) is 12.5 Å². The molecule has 1 fully saturated rings. The number of rotatable bonds is 10. The number of carbonyl (C=O) groups excluding carboxylic acids is 1. The SMILES string of the molecule is O=C(CO/N=C/c1ccc(OCc2ccccc2)c(OCc2ccccc2)c1)N1CCCCCC1. The van der Waals surface area contributed by atoms with Gasteiger partial charge in [0.15, 0.2) is 18.1 Å². The highest BCUT2D eigenvalue weighted by atomic mass is 16.6. The first-order valence-corrected chi connectivity index (χ1v) is 12.2. The second-order valence-electron chi connectivity index (χ2n) is 8.56. The van der Waals surface area contributed by atoms with Gasteiger partial charge in [-0.25, -0.2) is 0 Å². The molecule has 1 amide bonds. The van der Waals surface area contributed by atoms with Gasteiger partial charge in [-0.1, -0.05) is 78.7 Å². The molecule has 0 N–H and O–H groups in total. The maximum absolute atomic E-state index is 12.4. The van der Waals surface area contributed by atoms with E-state index in [1.807, 2.05) is 83.8 Å². The Morgan fingerprint density at radius 1 is 0.771 bits per heavy atom. The number of benzene rings is 3. The van der Waals surface area contributed by atoms with E-state index < -0.39 is 0 Å². The lowest BCUT2D eigenvalue weighted by Crippen LogP contribution is -2.34. The van der Waals surface area contributed by atoms with Crippen molar-refractivity contribution in [3.05, 3.63) is 95.6 Å². The van der Waals surface area contributed by atoms with E-state index in [2.05, 4.69) is 5.16 Å². The predicted octanol–water partition coefficient (Wildman–Crippen LogP) is 5.60. The summed E-state index contributed by atoms with van der Waals surface area (Å²) in [6, 6.07) is 25.6. The molecular weight excluding hydrogens is 440 g/mol. The smallest absolute Gasteiger partial charge is 0.263 e. The van der Waals surface area contributed by atoms with Gasteiger partial charge >= 0.3 is 0 Å². The molecule has 182 valence electrons. The van der Waals surface area contributed by atoms with Gasteiger partial charge in [-0.15, -0.1) is 0 Å². The summed E-state index contributed by atoms with van der Waals surface area (Å²) < 4.78 is 12.1. The highest BCUT2D eigenvalue weighted by molar-refractivity contribution is 5.81. The molecule has 1 aliphatic rings. The van der Waals surface area contributed by atoms with Crippen molar-refractivity contribution in [3.63, 3.8) is 0 Å². The minimum Gasteiger partial charge on any atom is -0.485 e. The van der Waals surface area contributed by atoms with Gasteiger partial charge in [0, 0.05) is 18.7 Å². The minimum atomic E-state index is -0.0495. The summed E-state index contributed by atoms with van der Waals surface area (Å²) in [5, 5.41) is 4.01. The predicted molar refractivity (Wildman–Crippen MR) is 137 cm³/mol. The Kier molecular flexibility index (Phi) is 9.16. The van der Waals surface area contributed by atoms with Crippen molar-refractivity contribution in [2.24, 2.45) is 5.16 Å². The summed E-state index contributed by atoms with van der Waals surface area (Å²) >= 11 is 0. The summed E-state index contributed by atoms with van der Waals surface area (Å²) in [7, 11) is 0. The lowest BCUT2D eigenvalue weighted by Gasteiger charge is -2.19. The van der Waals surface area contributed by atoms with E-state index in [1.54, 1.807) is 6.21 Å². The lowest BCUT2D eigenvalue weighted by molar-refractivity contribution is -0.136. The van der Waals surface area contributed by atoms with Crippen LogP contribution in [0.2, 0.25) is 0 Å². The van der Waals surface area contributed by atoms with Crippen LogP contribution in [0.3, 0.4) is 0 Å². The van der Waals surface area contributed by atoms with E-state index in [0.29, 0.717) is 24.7 Å². The third-order valence-electron chi connectivity index (χ3n) is 5.87. The Morgan fingerprint density at radius 2 is 1.37 bits per heavy atom. The van der Waals surface area contributed by atoms with Gasteiger partial charge in [0.25, 0.3) is 5.91 Å². The fourth-order valence-corrected chi connectivity index (χ4v) is 3.91. The van der Waals surface area contributed by atoms with Crippen molar-refractivity contribution < 1.29 is 19.1 Å². The molecule has 6 nitrogen and oxygen atoms in total. The number of nitrogens with zero attached hydrogens (tertiary/aromatic N) is 2. The van der Waals surface area contributed by atoms with Crippen LogP contribution in [0.4, 0.5) is 0 Å². The standard InChI is InChI=1S/C29H32N2O4/c32-29(31-17-9-1-2-10-18-31)23-35-30-20-26-15-16-27(33-21-24-11-5-3-6-12-24)28(19-26)34-22-25-13-7-4-8-14-25/h3-8,11-16,19-20H,1-2,9-10,17-18,21-23H2/b30-20+. The van der Waals surface area contributed by atoms with E-state index in [9.17, 15) is 4.79 Å². The van der Waals surface area contributed by atoms with Crippen molar-refractivity contribution >= 4 is 12.1 Å². The molecule has 1 saturated heterocycles. The molecule has 35 heavy (non-hydrogen) atoms. The number of hydrogen-bond acceptors (Lipinski definition) is 5. The topological polar surface area (TPSA) is 60.4 Å². The second-order valence-corrected chi connectivity index (χ2v) is 8.56. The fourth-order valence-electron chi connectivity index (χ4n) is 3.91. The van der Waals surface area contributed by atoms with Crippen LogP contribution in [0, 0.1) is 0 Å². The normalized spacial score (nSPS) is 13.9. The van der Waals surface area contributed by atoms with E-state index in [4.69, 9.17) is 14.3 Å². The molecule has 3 aromatic carbocycles. The first kappa shape index (κ1) is 24.3. The molecule has 0 unspecified atom stereocenters. The average molecular weight is 473 g/mol. The van der Waals surface area contributed by atoms with Crippen LogP contribution >= 0.6 is 0 Å². The minimum absolute atomic E-state index is 0.0133. The quantitative estimate of drug-likeness (QED) is 0.285. The summed E-state index contributed by atoms with van der Waals surface area (Å²) in [5.41, 5.74) is 2.94. The molecule has 0 radical (unpaired) electrons. The highest BCUT2D eigenvalue weighted by Gasteiger charge is 2.15. The fraction of sp³-hybridized carbons (Fsp3) is 0.310. The third kappa shape index (κ3) is 7.88. The van der Waals surface area contributed by atoms with Crippen LogP contribution in [-0.2, 0) is 22.8 Å². The molecule has 0 aromatic heterocycles. The molecule has 0 saturated carbocycles. The monoisotopic (exact) mass is 472 g/mol. The molecule has 6 heteroatoms. The van der Waals surface area contributed by atoms with Crippen molar-refractivity contribution in [2.45, 2.75) is 38.9 Å². The molecule has 0 atom stereocenters. The van der Waals surface area contributed by atoms with Crippen LogP contribution in [0.25, 0.3) is 0 Å². The maximum Gasteiger partial charge on any atom is 0.263 e. The zero-order valence-corrected chi connectivity index (χ0v) is 20.0. The second kappa shape index (κ2) is 13.2. The van der Waals surface area contributed by atoms with Gasteiger partial charge in [0.1, 0.15) is 13.2 Å². The first-order chi connectivity index (χ1) is 17.3. The number of oxime groups is 1. The molecule has 1 heterocycles.